The Kier molecular flexibility index (Phi) is 10.7. The third kappa shape index (κ3) is 7.57. The molecule has 0 aliphatic carbocycles. The first-order valence-corrected chi connectivity index (χ1v) is 14.6. The zero-order valence-corrected chi connectivity index (χ0v) is 25.9. The lowest BCUT2D eigenvalue weighted by Crippen LogP contribution is -2.42. The fourth-order valence-corrected chi connectivity index (χ4v) is 5.55. The molecule has 40 heavy (non-hydrogen) atoms. The Bertz CT molecular complexity index is 1320. The summed E-state index contributed by atoms with van der Waals surface area (Å²) in [7, 11) is 0. The van der Waals surface area contributed by atoms with Crippen molar-refractivity contribution in [2.75, 3.05) is 18.4 Å². The first-order chi connectivity index (χ1) is 18.9. The Hall–Kier alpha value is -3.05. The maximum atomic E-state index is 15.3. The van der Waals surface area contributed by atoms with E-state index in [1.807, 2.05) is 32.2 Å². The molecule has 2 aliphatic rings. The minimum Gasteiger partial charge on any atom is -0.355 e. The van der Waals surface area contributed by atoms with Crippen LogP contribution in [0.2, 0.25) is 0 Å². The monoisotopic (exact) mass is 547 g/mol. The molecule has 2 aliphatic heterocycles. The highest BCUT2D eigenvalue weighted by Crippen LogP contribution is 2.48. The van der Waals surface area contributed by atoms with Gasteiger partial charge < -0.3 is 5.32 Å². The van der Waals surface area contributed by atoms with Crippen LogP contribution in [0.3, 0.4) is 0 Å². The van der Waals surface area contributed by atoms with Gasteiger partial charge in [-0.05, 0) is 106 Å². The highest BCUT2D eigenvalue weighted by atomic mass is 19.1. The lowest BCUT2D eigenvalue weighted by atomic mass is 9.81. The maximum absolute atomic E-state index is 15.3. The number of aryl methyl sites for hydroxylation is 4. The lowest BCUT2D eigenvalue weighted by molar-refractivity contribution is 0.100. The minimum atomic E-state index is -1.34. The number of fused-ring (bicyclic) bond motifs is 5. The smallest absolute Gasteiger partial charge is 0.130 e. The number of alkyl halides is 1. The molecular formula is C35H47F2N3. The average Bonchev–Trinajstić information content (AvgIpc) is 2.86. The van der Waals surface area contributed by atoms with E-state index in [9.17, 15) is 4.39 Å². The molecule has 1 atom stereocenters. The molecule has 0 saturated carbocycles. The van der Waals surface area contributed by atoms with E-state index < -0.39 is 5.67 Å². The van der Waals surface area contributed by atoms with Crippen molar-refractivity contribution in [3.05, 3.63) is 93.6 Å². The summed E-state index contributed by atoms with van der Waals surface area (Å²) < 4.78 is 29.9. The number of pyridine rings is 1. The van der Waals surface area contributed by atoms with Gasteiger partial charge >= 0.3 is 0 Å². The van der Waals surface area contributed by atoms with Crippen molar-refractivity contribution in [3.8, 4) is 0 Å². The summed E-state index contributed by atoms with van der Waals surface area (Å²) in [5.41, 5.74) is 9.11. The topological polar surface area (TPSA) is 28.2 Å². The van der Waals surface area contributed by atoms with E-state index in [4.69, 9.17) is 0 Å². The van der Waals surface area contributed by atoms with E-state index in [1.165, 1.54) is 34.4 Å². The van der Waals surface area contributed by atoms with Crippen molar-refractivity contribution >= 4 is 16.9 Å². The molecule has 0 radical (unpaired) electrons. The van der Waals surface area contributed by atoms with Crippen LogP contribution in [-0.4, -0.2) is 28.6 Å². The quantitative estimate of drug-likeness (QED) is 0.354. The number of nitrogens with zero attached hydrogens (tertiary/aromatic N) is 2. The van der Waals surface area contributed by atoms with Gasteiger partial charge in [0.2, 0.25) is 0 Å². The molecule has 216 valence electrons. The van der Waals surface area contributed by atoms with Crippen LogP contribution in [0, 0.1) is 26.6 Å². The molecule has 0 saturated heterocycles. The second-order valence-corrected chi connectivity index (χ2v) is 11.7. The van der Waals surface area contributed by atoms with E-state index in [2.05, 4.69) is 74.1 Å². The number of benzene rings is 2. The largest absolute Gasteiger partial charge is 0.355 e. The van der Waals surface area contributed by atoms with Gasteiger partial charge in [0.25, 0.3) is 0 Å². The fraction of sp³-hybridized carbons (Fsp3) is 0.457. The lowest BCUT2D eigenvalue weighted by Gasteiger charge is -2.43. The Morgan fingerprint density at radius 1 is 0.975 bits per heavy atom. The molecule has 2 aromatic carbocycles. The first-order valence-electron chi connectivity index (χ1n) is 14.6. The molecule has 0 spiro atoms. The first kappa shape index (κ1) is 31.5. The summed E-state index contributed by atoms with van der Waals surface area (Å²) in [5, 5.41) is 3.50. The van der Waals surface area contributed by atoms with Crippen molar-refractivity contribution in [2.45, 2.75) is 93.3 Å². The van der Waals surface area contributed by atoms with E-state index in [-0.39, 0.29) is 18.4 Å². The molecule has 5 rings (SSSR count). The molecule has 3 heterocycles. The molecule has 5 heteroatoms. The van der Waals surface area contributed by atoms with Gasteiger partial charge in [-0.15, -0.1) is 0 Å². The molecule has 3 aromatic rings. The van der Waals surface area contributed by atoms with Gasteiger partial charge in [0.1, 0.15) is 11.5 Å². The minimum absolute atomic E-state index is 0.231. The molecular weight excluding hydrogens is 500 g/mol. The van der Waals surface area contributed by atoms with Crippen LogP contribution in [0.1, 0.15) is 93.9 Å². The Labute approximate surface area is 240 Å². The number of anilines is 2. The summed E-state index contributed by atoms with van der Waals surface area (Å²) in [6.07, 6.45) is 5.01. The second kappa shape index (κ2) is 13.5. The zero-order valence-electron chi connectivity index (χ0n) is 25.9. The van der Waals surface area contributed by atoms with Crippen molar-refractivity contribution in [2.24, 2.45) is 0 Å². The van der Waals surface area contributed by atoms with Gasteiger partial charge in [-0.25, -0.2) is 8.78 Å². The average molecular weight is 548 g/mol. The number of nitrogens with one attached hydrogen (secondary N) is 1. The molecule has 3 nitrogen and oxygen atoms in total. The fourth-order valence-electron chi connectivity index (χ4n) is 5.55. The highest BCUT2D eigenvalue weighted by molar-refractivity contribution is 5.86. The van der Waals surface area contributed by atoms with Crippen molar-refractivity contribution < 1.29 is 8.78 Å². The number of halogens is 2. The van der Waals surface area contributed by atoms with Gasteiger partial charge in [-0.2, -0.15) is 0 Å². The normalized spacial score (nSPS) is 16.2. The number of hydrogen-bond donors (Lipinski definition) is 1. The Balaban J connectivity index is 0.000000307. The van der Waals surface area contributed by atoms with Gasteiger partial charge in [0.15, 0.2) is 0 Å². The highest BCUT2D eigenvalue weighted by Gasteiger charge is 2.37. The number of hydrogen-bond acceptors (Lipinski definition) is 3. The summed E-state index contributed by atoms with van der Waals surface area (Å²) in [5.74, 6) is -0.231. The standard InChI is InChI=1S/C24H28F2N2.C8H11N.C3H8/c1-14-11-18(25)22-20(12-14)27-19-8-6-7-15(2)21(19)17-9-10-28(13-24(4,5)26)23(22)16(17)3;1-3-8-5-4-7(2)6-9-8;1-3-2/h6-8,11-12,23,27H,9-10,13H2,1-5H3;4-6H,3H2,1-2H3;3H2,1-2H3. The molecule has 0 fully saturated rings. The predicted molar refractivity (Wildman–Crippen MR) is 167 cm³/mol. The summed E-state index contributed by atoms with van der Waals surface area (Å²) in [6.45, 7) is 18.7. The number of rotatable bonds is 3. The van der Waals surface area contributed by atoms with Crippen molar-refractivity contribution in [1.82, 2.24) is 9.88 Å². The van der Waals surface area contributed by atoms with Gasteiger partial charge in [0.05, 0.1) is 6.04 Å². The van der Waals surface area contributed by atoms with Crippen LogP contribution >= 0.6 is 0 Å². The summed E-state index contributed by atoms with van der Waals surface area (Å²) >= 11 is 0. The molecule has 2 bridgehead atoms. The summed E-state index contributed by atoms with van der Waals surface area (Å²) in [4.78, 5) is 6.30. The summed E-state index contributed by atoms with van der Waals surface area (Å²) in [6, 6.07) is 13.7. The van der Waals surface area contributed by atoms with Crippen molar-refractivity contribution in [3.63, 3.8) is 0 Å². The molecule has 1 aromatic heterocycles. The van der Waals surface area contributed by atoms with Crippen LogP contribution in [-0.2, 0) is 6.42 Å². The second-order valence-electron chi connectivity index (χ2n) is 11.7. The maximum Gasteiger partial charge on any atom is 0.130 e. The van der Waals surface area contributed by atoms with Crippen LogP contribution in [0.25, 0.3) is 5.57 Å². The molecule has 1 N–H and O–H groups in total. The third-order valence-corrected chi connectivity index (χ3v) is 7.21. The zero-order chi connectivity index (χ0) is 29.6. The van der Waals surface area contributed by atoms with Crippen LogP contribution in [0.5, 0.6) is 0 Å². The van der Waals surface area contributed by atoms with Gasteiger partial charge in [0, 0.05) is 47.5 Å². The predicted octanol–water partition coefficient (Wildman–Crippen LogP) is 9.84. The van der Waals surface area contributed by atoms with Crippen LogP contribution in [0.15, 0.2) is 54.2 Å². The van der Waals surface area contributed by atoms with Gasteiger partial charge in [-0.1, -0.05) is 45.4 Å². The number of aromatic nitrogens is 1. The van der Waals surface area contributed by atoms with Gasteiger partial charge in [-0.3, -0.25) is 9.88 Å². The van der Waals surface area contributed by atoms with E-state index in [0.29, 0.717) is 12.1 Å². The Morgan fingerprint density at radius 3 is 2.27 bits per heavy atom. The third-order valence-electron chi connectivity index (χ3n) is 7.21. The molecule has 0 amide bonds. The van der Waals surface area contributed by atoms with Crippen LogP contribution in [0.4, 0.5) is 20.2 Å². The van der Waals surface area contributed by atoms with E-state index >= 15 is 4.39 Å². The van der Waals surface area contributed by atoms with Crippen LogP contribution < -0.4 is 5.32 Å². The SMILES string of the molecule is CC1=C2CCN(CC(C)(C)F)C1c1c(F)cc(C)cc1Nc1cccc(C)c12.CCC.CCc1ccc(C)cn1. The van der Waals surface area contributed by atoms with E-state index in [0.717, 1.165) is 35.4 Å². The van der Waals surface area contributed by atoms with E-state index in [1.54, 1.807) is 19.9 Å². The molecule has 1 unspecified atom stereocenters. The Morgan fingerprint density at radius 2 is 1.68 bits per heavy atom. The van der Waals surface area contributed by atoms with Crippen molar-refractivity contribution in [1.29, 1.82) is 0 Å².